The number of nitrogens with zero attached hydrogens (tertiary/aromatic N) is 1. The Kier molecular flexibility index (Phi) is 4.20. The maximum Gasteiger partial charge on any atom is 0.359 e. The molecule has 3 nitrogen and oxygen atoms in total. The van der Waals surface area contributed by atoms with Crippen molar-refractivity contribution in [2.75, 3.05) is 6.61 Å². The van der Waals surface area contributed by atoms with Crippen molar-refractivity contribution in [1.29, 1.82) is 0 Å². The number of thiazole rings is 1. The molecule has 0 aliphatic rings. The maximum atomic E-state index is 11.6. The second-order valence-corrected chi connectivity index (χ2v) is 5.19. The van der Waals surface area contributed by atoms with Gasteiger partial charge in [0.1, 0.15) is 9.34 Å². The van der Waals surface area contributed by atoms with E-state index in [-0.39, 0.29) is 12.3 Å². The first-order chi connectivity index (χ1) is 9.15. The zero-order chi connectivity index (χ0) is 13.8. The van der Waals surface area contributed by atoms with Crippen LogP contribution >= 0.6 is 22.9 Å². The summed E-state index contributed by atoms with van der Waals surface area (Å²) in [4.78, 5) is 15.9. The standard InChI is InChI=1S/C14H10ClNO2S/c1-3-9-6-5-7-10(8-9)13-16-11(12(15)19-13)14(17)18-4-2/h1,5-8H,4H2,2H3. The molecule has 1 aromatic heterocycles. The van der Waals surface area contributed by atoms with Crippen LogP contribution in [0.25, 0.3) is 10.6 Å². The molecule has 19 heavy (non-hydrogen) atoms. The Morgan fingerprint density at radius 1 is 1.58 bits per heavy atom. The predicted octanol–water partition coefficient (Wildman–Crippen LogP) is 3.62. The zero-order valence-electron chi connectivity index (χ0n) is 10.1. The van der Waals surface area contributed by atoms with Gasteiger partial charge in [0.25, 0.3) is 0 Å². The number of terminal acetylenes is 1. The number of carbonyl (C=O) groups is 1. The van der Waals surface area contributed by atoms with Crippen LogP contribution in [0.3, 0.4) is 0 Å². The normalized spacial score (nSPS) is 9.95. The lowest BCUT2D eigenvalue weighted by atomic mass is 10.1. The summed E-state index contributed by atoms with van der Waals surface area (Å²) >= 11 is 7.24. The van der Waals surface area contributed by atoms with Crippen LogP contribution in [0.2, 0.25) is 4.34 Å². The van der Waals surface area contributed by atoms with Crippen LogP contribution in [-0.2, 0) is 4.74 Å². The lowest BCUT2D eigenvalue weighted by Gasteiger charge is -1.98. The highest BCUT2D eigenvalue weighted by atomic mass is 35.5. The largest absolute Gasteiger partial charge is 0.461 e. The summed E-state index contributed by atoms with van der Waals surface area (Å²) in [5.41, 5.74) is 1.73. The number of hydrogen-bond donors (Lipinski definition) is 0. The Balaban J connectivity index is 2.39. The number of ether oxygens (including phenoxy) is 1. The smallest absolute Gasteiger partial charge is 0.359 e. The number of rotatable bonds is 3. The molecule has 2 rings (SSSR count). The van der Waals surface area contributed by atoms with Crippen molar-refractivity contribution in [3.63, 3.8) is 0 Å². The Morgan fingerprint density at radius 3 is 3.05 bits per heavy atom. The van der Waals surface area contributed by atoms with Crippen LogP contribution in [0.4, 0.5) is 0 Å². The lowest BCUT2D eigenvalue weighted by molar-refractivity contribution is 0.0520. The Hall–Kier alpha value is -1.83. The summed E-state index contributed by atoms with van der Waals surface area (Å²) in [5, 5.41) is 0.644. The molecule has 0 amide bonds. The number of carbonyl (C=O) groups excluding carboxylic acids is 1. The van der Waals surface area contributed by atoms with Crippen LogP contribution < -0.4 is 0 Å². The van der Waals surface area contributed by atoms with Gasteiger partial charge in [-0.1, -0.05) is 29.7 Å². The third-order valence-corrected chi connectivity index (χ3v) is 3.63. The number of benzene rings is 1. The highest BCUT2D eigenvalue weighted by Crippen LogP contribution is 2.32. The van der Waals surface area contributed by atoms with E-state index in [4.69, 9.17) is 22.8 Å². The van der Waals surface area contributed by atoms with Gasteiger partial charge in [-0.3, -0.25) is 0 Å². The molecule has 0 saturated heterocycles. The van der Waals surface area contributed by atoms with E-state index in [1.807, 2.05) is 24.3 Å². The molecule has 0 N–H and O–H groups in total. The zero-order valence-corrected chi connectivity index (χ0v) is 11.7. The summed E-state index contributed by atoms with van der Waals surface area (Å²) in [6, 6.07) is 7.35. The maximum absolute atomic E-state index is 11.6. The number of esters is 1. The lowest BCUT2D eigenvalue weighted by Crippen LogP contribution is -2.05. The first-order valence-electron chi connectivity index (χ1n) is 5.56. The fourth-order valence-electron chi connectivity index (χ4n) is 1.49. The second kappa shape index (κ2) is 5.87. The van der Waals surface area contributed by atoms with E-state index in [9.17, 15) is 4.79 Å². The average molecular weight is 292 g/mol. The summed E-state index contributed by atoms with van der Waals surface area (Å²) in [7, 11) is 0. The molecular formula is C14H10ClNO2S. The molecule has 0 radical (unpaired) electrons. The van der Waals surface area contributed by atoms with Crippen LogP contribution in [0.5, 0.6) is 0 Å². The molecule has 0 bridgehead atoms. The van der Waals surface area contributed by atoms with Crippen molar-refractivity contribution >= 4 is 28.9 Å². The minimum Gasteiger partial charge on any atom is -0.461 e. The van der Waals surface area contributed by atoms with Crippen molar-refractivity contribution in [2.45, 2.75) is 6.92 Å². The number of hydrogen-bond acceptors (Lipinski definition) is 4. The molecule has 1 heterocycles. The summed E-state index contributed by atoms with van der Waals surface area (Å²) in [5.74, 6) is 2.04. The van der Waals surface area contributed by atoms with Crippen molar-refractivity contribution < 1.29 is 9.53 Å². The third kappa shape index (κ3) is 2.95. The SMILES string of the molecule is C#Cc1cccc(-c2nc(C(=O)OCC)c(Cl)s2)c1. The minimum absolute atomic E-state index is 0.148. The first-order valence-corrected chi connectivity index (χ1v) is 6.75. The average Bonchev–Trinajstić information content (AvgIpc) is 2.81. The minimum atomic E-state index is -0.511. The third-order valence-electron chi connectivity index (χ3n) is 2.33. The van der Waals surface area contributed by atoms with Gasteiger partial charge in [-0.25, -0.2) is 9.78 Å². The van der Waals surface area contributed by atoms with Crippen molar-refractivity contribution in [2.24, 2.45) is 0 Å². The molecule has 0 fully saturated rings. The van der Waals surface area contributed by atoms with E-state index < -0.39 is 5.97 Å². The Bertz CT molecular complexity index is 658. The van der Waals surface area contributed by atoms with Gasteiger partial charge in [-0.15, -0.1) is 17.8 Å². The van der Waals surface area contributed by atoms with Gasteiger partial charge in [0.05, 0.1) is 6.61 Å². The molecule has 0 saturated carbocycles. The van der Waals surface area contributed by atoms with Gasteiger partial charge in [-0.05, 0) is 19.1 Å². The van der Waals surface area contributed by atoms with Crippen LogP contribution in [0, 0.1) is 12.3 Å². The fraction of sp³-hybridized carbons (Fsp3) is 0.143. The summed E-state index contributed by atoms with van der Waals surface area (Å²) in [6.07, 6.45) is 5.35. The van der Waals surface area contributed by atoms with Gasteiger partial charge in [0, 0.05) is 11.1 Å². The van der Waals surface area contributed by atoms with Gasteiger partial charge in [-0.2, -0.15) is 0 Å². The van der Waals surface area contributed by atoms with Crippen molar-refractivity contribution in [3.8, 4) is 22.9 Å². The monoisotopic (exact) mass is 291 g/mol. The fourth-order valence-corrected chi connectivity index (χ4v) is 2.61. The van der Waals surface area contributed by atoms with Gasteiger partial charge in [0.15, 0.2) is 5.69 Å². The van der Waals surface area contributed by atoms with E-state index in [2.05, 4.69) is 10.9 Å². The predicted molar refractivity (Wildman–Crippen MR) is 76.5 cm³/mol. The highest BCUT2D eigenvalue weighted by Gasteiger charge is 2.18. The van der Waals surface area contributed by atoms with E-state index in [0.717, 1.165) is 11.1 Å². The molecule has 0 spiro atoms. The molecular weight excluding hydrogens is 282 g/mol. The summed E-state index contributed by atoms with van der Waals surface area (Å²) in [6.45, 7) is 2.02. The van der Waals surface area contributed by atoms with E-state index in [1.165, 1.54) is 11.3 Å². The van der Waals surface area contributed by atoms with Crippen LogP contribution in [-0.4, -0.2) is 17.6 Å². The van der Waals surface area contributed by atoms with Crippen LogP contribution in [0.15, 0.2) is 24.3 Å². The van der Waals surface area contributed by atoms with Gasteiger partial charge >= 0.3 is 5.97 Å². The molecule has 0 atom stereocenters. The topological polar surface area (TPSA) is 39.2 Å². The van der Waals surface area contributed by atoms with Crippen molar-refractivity contribution in [3.05, 3.63) is 39.9 Å². The van der Waals surface area contributed by atoms with E-state index in [1.54, 1.807) is 6.92 Å². The molecule has 0 aliphatic carbocycles. The van der Waals surface area contributed by atoms with Crippen molar-refractivity contribution in [1.82, 2.24) is 4.98 Å². The van der Waals surface area contributed by atoms with Gasteiger partial charge < -0.3 is 4.74 Å². The Morgan fingerprint density at radius 2 is 2.37 bits per heavy atom. The van der Waals surface area contributed by atoms with E-state index >= 15 is 0 Å². The molecule has 1 aromatic carbocycles. The molecule has 2 aromatic rings. The number of halogens is 1. The van der Waals surface area contributed by atoms with Gasteiger partial charge in [0.2, 0.25) is 0 Å². The highest BCUT2D eigenvalue weighted by molar-refractivity contribution is 7.19. The number of aromatic nitrogens is 1. The molecule has 96 valence electrons. The second-order valence-electron chi connectivity index (χ2n) is 3.59. The van der Waals surface area contributed by atoms with Crippen LogP contribution in [0.1, 0.15) is 23.0 Å². The molecule has 5 heteroatoms. The Labute approximate surface area is 120 Å². The molecule has 0 unspecified atom stereocenters. The quantitative estimate of drug-likeness (QED) is 0.640. The first kappa shape index (κ1) is 13.6. The van der Waals surface area contributed by atoms with E-state index in [0.29, 0.717) is 9.34 Å². The summed E-state index contributed by atoms with van der Waals surface area (Å²) < 4.78 is 5.21. The molecule has 0 aliphatic heterocycles.